The van der Waals surface area contributed by atoms with Crippen LogP contribution in [0.3, 0.4) is 0 Å². The maximum atomic E-state index is 12.7. The molecule has 2 atom stereocenters. The van der Waals surface area contributed by atoms with E-state index in [0.29, 0.717) is 16.1 Å². The quantitative estimate of drug-likeness (QED) is 0.575. The molecule has 0 bridgehead atoms. The Morgan fingerprint density at radius 3 is 2.34 bits per heavy atom. The van der Waals surface area contributed by atoms with Crippen molar-refractivity contribution in [1.29, 1.82) is 0 Å². The van der Waals surface area contributed by atoms with Crippen molar-refractivity contribution in [3.63, 3.8) is 0 Å². The van der Waals surface area contributed by atoms with Gasteiger partial charge in [-0.15, -0.1) is 0 Å². The summed E-state index contributed by atoms with van der Waals surface area (Å²) in [6, 6.07) is 14.1. The number of carbonyl (C=O) groups excluding carboxylic acids is 3. The first-order chi connectivity index (χ1) is 13.9. The van der Waals surface area contributed by atoms with E-state index in [9.17, 15) is 14.4 Å². The van der Waals surface area contributed by atoms with Gasteiger partial charge >= 0.3 is 12.0 Å². The Hall–Kier alpha value is -3.06. The summed E-state index contributed by atoms with van der Waals surface area (Å²) < 4.78 is 5.51. The summed E-state index contributed by atoms with van der Waals surface area (Å²) in [5.74, 6) is -1.03. The number of halogens is 1. The molecule has 0 saturated heterocycles. The number of rotatable bonds is 8. The van der Waals surface area contributed by atoms with Gasteiger partial charge in [-0.05, 0) is 24.5 Å². The van der Waals surface area contributed by atoms with Gasteiger partial charge in [0.05, 0.1) is 12.5 Å². The molecule has 1 aliphatic rings. The molecule has 1 aliphatic carbocycles. The maximum absolute atomic E-state index is 12.7. The van der Waals surface area contributed by atoms with Crippen LogP contribution < -0.4 is 16.4 Å². The van der Waals surface area contributed by atoms with E-state index < -0.39 is 24.1 Å². The number of urea groups is 1. The van der Waals surface area contributed by atoms with Crippen molar-refractivity contribution in [3.05, 3.63) is 70.7 Å². The normalized spacial score (nSPS) is 15.1. The molecule has 4 N–H and O–H groups in total. The minimum absolute atomic E-state index is 0.125. The highest BCUT2D eigenvalue weighted by atomic mass is 35.5. The Kier molecular flexibility index (Phi) is 6.72. The largest absolute Gasteiger partial charge is 0.447 e. The number of hydrogen-bond acceptors (Lipinski definition) is 4. The van der Waals surface area contributed by atoms with Crippen LogP contribution in [0.25, 0.3) is 0 Å². The Labute approximate surface area is 173 Å². The summed E-state index contributed by atoms with van der Waals surface area (Å²) in [6.45, 7) is 0. The number of amides is 3. The summed E-state index contributed by atoms with van der Waals surface area (Å²) in [4.78, 5) is 36.7. The minimum Gasteiger partial charge on any atom is -0.447 e. The third-order valence-corrected chi connectivity index (χ3v) is 4.83. The lowest BCUT2D eigenvalue weighted by Gasteiger charge is -2.21. The van der Waals surface area contributed by atoms with E-state index in [1.807, 2.05) is 6.07 Å². The van der Waals surface area contributed by atoms with Gasteiger partial charge in [-0.2, -0.15) is 0 Å². The fraction of sp³-hybridized carbons (Fsp3) is 0.286. The van der Waals surface area contributed by atoms with Crippen LogP contribution in [0.5, 0.6) is 0 Å². The SMILES string of the molecule is NC(=O)N[C@H](CC(=O)O[C@@H](C(=O)NC1CC1)c1ccccc1)c1ccccc1Cl. The molecule has 0 heterocycles. The average Bonchev–Trinajstić information content (AvgIpc) is 3.50. The van der Waals surface area contributed by atoms with Gasteiger partial charge in [0.25, 0.3) is 5.91 Å². The predicted octanol–water partition coefficient (Wildman–Crippen LogP) is 3.00. The lowest BCUT2D eigenvalue weighted by Crippen LogP contribution is -2.36. The van der Waals surface area contributed by atoms with Crippen LogP contribution in [0.4, 0.5) is 4.79 Å². The third kappa shape index (κ3) is 5.96. The molecule has 0 aliphatic heterocycles. The van der Waals surface area contributed by atoms with Crippen LogP contribution in [-0.2, 0) is 14.3 Å². The van der Waals surface area contributed by atoms with Crippen LogP contribution in [0, 0.1) is 0 Å². The molecule has 0 unspecified atom stereocenters. The van der Waals surface area contributed by atoms with Crippen molar-refractivity contribution in [1.82, 2.24) is 10.6 Å². The molecule has 3 rings (SSSR count). The van der Waals surface area contributed by atoms with Gasteiger partial charge in [0.2, 0.25) is 6.10 Å². The molecule has 3 amide bonds. The topological polar surface area (TPSA) is 111 Å². The van der Waals surface area contributed by atoms with Crippen LogP contribution in [-0.4, -0.2) is 23.9 Å². The van der Waals surface area contributed by atoms with Crippen LogP contribution >= 0.6 is 11.6 Å². The number of nitrogens with two attached hydrogens (primary N) is 1. The molecular weight excluding hydrogens is 394 g/mol. The molecule has 8 heteroatoms. The van der Waals surface area contributed by atoms with Crippen molar-refractivity contribution in [2.75, 3.05) is 0 Å². The summed E-state index contributed by atoms with van der Waals surface area (Å²) >= 11 is 6.19. The standard InChI is InChI=1S/C21H22ClN3O4/c22-16-9-5-4-8-15(16)17(25-21(23)28)12-18(26)29-19(13-6-2-1-3-7-13)20(27)24-14-10-11-14/h1-9,14,17,19H,10-12H2,(H,24,27)(H3,23,25,28)/t17-,19-/m1/s1. The lowest BCUT2D eigenvalue weighted by molar-refractivity contribution is -0.157. The van der Waals surface area contributed by atoms with E-state index in [-0.39, 0.29) is 18.4 Å². The van der Waals surface area contributed by atoms with E-state index >= 15 is 0 Å². The van der Waals surface area contributed by atoms with Gasteiger partial charge in [0, 0.05) is 16.6 Å². The summed E-state index contributed by atoms with van der Waals surface area (Å²) in [5.41, 5.74) is 6.35. The minimum atomic E-state index is -1.08. The number of hydrogen-bond donors (Lipinski definition) is 3. The van der Waals surface area contributed by atoms with Gasteiger partial charge in [0.15, 0.2) is 0 Å². The molecular formula is C21H22ClN3O4. The van der Waals surface area contributed by atoms with Gasteiger partial charge in [-0.1, -0.05) is 60.1 Å². The molecule has 2 aromatic carbocycles. The zero-order valence-electron chi connectivity index (χ0n) is 15.6. The molecule has 2 aromatic rings. The molecule has 0 aromatic heterocycles. The Morgan fingerprint density at radius 2 is 1.72 bits per heavy atom. The van der Waals surface area contributed by atoms with E-state index in [4.69, 9.17) is 22.1 Å². The van der Waals surface area contributed by atoms with Crippen molar-refractivity contribution < 1.29 is 19.1 Å². The van der Waals surface area contributed by atoms with E-state index in [0.717, 1.165) is 12.8 Å². The highest BCUT2D eigenvalue weighted by molar-refractivity contribution is 6.31. The molecule has 1 saturated carbocycles. The third-order valence-electron chi connectivity index (χ3n) is 4.48. The highest BCUT2D eigenvalue weighted by Gasteiger charge is 2.31. The zero-order valence-corrected chi connectivity index (χ0v) is 16.4. The van der Waals surface area contributed by atoms with Crippen molar-refractivity contribution in [3.8, 4) is 0 Å². The summed E-state index contributed by atoms with van der Waals surface area (Å²) in [7, 11) is 0. The first-order valence-corrected chi connectivity index (χ1v) is 9.67. The Balaban J connectivity index is 1.75. The van der Waals surface area contributed by atoms with Gasteiger partial charge < -0.3 is 21.1 Å². The van der Waals surface area contributed by atoms with Crippen LogP contribution in [0.2, 0.25) is 5.02 Å². The van der Waals surface area contributed by atoms with Gasteiger partial charge in [-0.25, -0.2) is 4.79 Å². The molecule has 152 valence electrons. The lowest BCUT2D eigenvalue weighted by atomic mass is 10.0. The first-order valence-electron chi connectivity index (χ1n) is 9.29. The highest BCUT2D eigenvalue weighted by Crippen LogP contribution is 2.28. The number of benzene rings is 2. The van der Waals surface area contributed by atoms with Crippen LogP contribution in [0.15, 0.2) is 54.6 Å². The Bertz CT molecular complexity index is 887. The summed E-state index contributed by atoms with van der Waals surface area (Å²) in [5, 5.41) is 5.74. The second-order valence-corrected chi connectivity index (χ2v) is 7.26. The number of ether oxygens (including phenoxy) is 1. The van der Waals surface area contributed by atoms with Crippen molar-refractivity contribution in [2.45, 2.75) is 37.5 Å². The number of esters is 1. The Morgan fingerprint density at radius 1 is 1.07 bits per heavy atom. The smallest absolute Gasteiger partial charge is 0.312 e. The fourth-order valence-electron chi connectivity index (χ4n) is 2.92. The molecule has 0 radical (unpaired) electrons. The van der Waals surface area contributed by atoms with E-state index in [1.54, 1.807) is 48.5 Å². The number of primary amides is 1. The molecule has 29 heavy (non-hydrogen) atoms. The van der Waals surface area contributed by atoms with Crippen molar-refractivity contribution in [2.24, 2.45) is 5.73 Å². The number of nitrogens with one attached hydrogen (secondary N) is 2. The first kappa shape index (κ1) is 20.7. The number of carbonyl (C=O) groups is 3. The fourth-order valence-corrected chi connectivity index (χ4v) is 3.19. The second kappa shape index (κ2) is 9.43. The average molecular weight is 416 g/mol. The van der Waals surface area contributed by atoms with E-state index in [2.05, 4.69) is 10.6 Å². The second-order valence-electron chi connectivity index (χ2n) is 6.85. The van der Waals surface area contributed by atoms with Gasteiger partial charge in [0.1, 0.15) is 0 Å². The van der Waals surface area contributed by atoms with Gasteiger partial charge in [-0.3, -0.25) is 9.59 Å². The van der Waals surface area contributed by atoms with E-state index in [1.165, 1.54) is 0 Å². The monoisotopic (exact) mass is 415 g/mol. The molecule has 1 fully saturated rings. The molecule has 0 spiro atoms. The maximum Gasteiger partial charge on any atom is 0.312 e. The predicted molar refractivity (Wildman–Crippen MR) is 108 cm³/mol. The molecule has 7 nitrogen and oxygen atoms in total. The summed E-state index contributed by atoms with van der Waals surface area (Å²) in [6.07, 6.45) is 0.522. The van der Waals surface area contributed by atoms with Crippen molar-refractivity contribution >= 4 is 29.5 Å². The zero-order chi connectivity index (χ0) is 20.8. The van der Waals surface area contributed by atoms with Crippen LogP contribution in [0.1, 0.15) is 42.5 Å².